The lowest BCUT2D eigenvalue weighted by Gasteiger charge is -2.31. The molecule has 0 radical (unpaired) electrons. The highest BCUT2D eigenvalue weighted by atomic mass is 35.5. The van der Waals surface area contributed by atoms with Crippen LogP contribution in [0.4, 0.5) is 19.0 Å². The second-order valence-corrected chi connectivity index (χ2v) is 7.88. The zero-order valence-electron chi connectivity index (χ0n) is 15.8. The van der Waals surface area contributed by atoms with Gasteiger partial charge in [0.1, 0.15) is 40.1 Å². The van der Waals surface area contributed by atoms with E-state index in [1.165, 1.54) is 10.7 Å². The van der Waals surface area contributed by atoms with Crippen molar-refractivity contribution in [2.75, 3.05) is 11.9 Å². The molecule has 0 fully saturated rings. The molecular formula is C19H17ClF3N5O. The molecule has 0 saturated heterocycles. The summed E-state index contributed by atoms with van der Waals surface area (Å²) in [4.78, 5) is 4.06. The third kappa shape index (κ3) is 3.73. The van der Waals surface area contributed by atoms with Crippen LogP contribution in [0.25, 0.3) is 16.8 Å². The van der Waals surface area contributed by atoms with Gasteiger partial charge in [0.15, 0.2) is 5.65 Å². The fourth-order valence-electron chi connectivity index (χ4n) is 2.88. The highest BCUT2D eigenvalue weighted by Gasteiger charge is 2.30. The first-order valence-corrected chi connectivity index (χ1v) is 8.96. The average molecular weight is 424 g/mol. The van der Waals surface area contributed by atoms with Crippen molar-refractivity contribution in [2.45, 2.75) is 26.8 Å². The predicted molar refractivity (Wildman–Crippen MR) is 102 cm³/mol. The predicted octanol–water partition coefficient (Wildman–Crippen LogP) is 4.16. The number of nitriles is 1. The minimum atomic E-state index is -1.18. The van der Waals surface area contributed by atoms with E-state index in [1.54, 1.807) is 0 Å². The van der Waals surface area contributed by atoms with Crippen molar-refractivity contribution in [3.63, 3.8) is 0 Å². The van der Waals surface area contributed by atoms with E-state index in [0.29, 0.717) is 12.1 Å². The molecule has 2 heterocycles. The molecule has 0 aliphatic carbocycles. The van der Waals surface area contributed by atoms with Gasteiger partial charge in [-0.15, -0.1) is 0 Å². The lowest BCUT2D eigenvalue weighted by Crippen LogP contribution is -2.38. The van der Waals surface area contributed by atoms with Crippen molar-refractivity contribution in [1.29, 1.82) is 5.26 Å². The van der Waals surface area contributed by atoms with E-state index < -0.39 is 34.5 Å². The van der Waals surface area contributed by atoms with Crippen LogP contribution in [0, 0.1) is 34.2 Å². The quantitative estimate of drug-likeness (QED) is 0.615. The van der Waals surface area contributed by atoms with Crippen LogP contribution < -0.4 is 5.32 Å². The number of aliphatic hydroxyl groups excluding tert-OH is 1. The van der Waals surface area contributed by atoms with E-state index in [4.69, 9.17) is 11.6 Å². The Balaban J connectivity index is 2.39. The van der Waals surface area contributed by atoms with E-state index in [9.17, 15) is 23.5 Å². The van der Waals surface area contributed by atoms with Crippen molar-refractivity contribution in [1.82, 2.24) is 14.6 Å². The minimum Gasteiger partial charge on any atom is -0.394 e. The SMILES string of the molecule is CC(C)(C)C(CO)Nc1c(-c2c(F)cc(F)cc2F)c(Cl)nc2c(C#N)cnn12. The largest absolute Gasteiger partial charge is 0.394 e. The van der Waals surface area contributed by atoms with Gasteiger partial charge in [-0.1, -0.05) is 32.4 Å². The van der Waals surface area contributed by atoms with Crippen molar-refractivity contribution in [2.24, 2.45) is 5.41 Å². The summed E-state index contributed by atoms with van der Waals surface area (Å²) in [5.41, 5.74) is -1.12. The molecule has 10 heteroatoms. The summed E-state index contributed by atoms with van der Waals surface area (Å²) in [5.74, 6) is -3.44. The van der Waals surface area contributed by atoms with Gasteiger partial charge >= 0.3 is 0 Å². The number of hydrogen-bond acceptors (Lipinski definition) is 5. The van der Waals surface area contributed by atoms with Crippen LogP contribution in [-0.4, -0.2) is 32.4 Å². The number of fused-ring (bicyclic) bond motifs is 1. The number of aliphatic hydroxyl groups is 1. The van der Waals surface area contributed by atoms with Crippen molar-refractivity contribution >= 4 is 23.1 Å². The summed E-state index contributed by atoms with van der Waals surface area (Å²) in [5, 5.41) is 25.9. The van der Waals surface area contributed by atoms with Gasteiger partial charge in [-0.2, -0.15) is 14.9 Å². The highest BCUT2D eigenvalue weighted by Crippen LogP contribution is 2.39. The van der Waals surface area contributed by atoms with E-state index in [0.717, 1.165) is 0 Å². The summed E-state index contributed by atoms with van der Waals surface area (Å²) in [7, 11) is 0. The van der Waals surface area contributed by atoms with Gasteiger partial charge in [-0.25, -0.2) is 18.2 Å². The number of nitrogens with one attached hydrogen (secondary N) is 1. The first-order chi connectivity index (χ1) is 13.6. The smallest absolute Gasteiger partial charge is 0.176 e. The van der Waals surface area contributed by atoms with Gasteiger partial charge < -0.3 is 10.4 Å². The summed E-state index contributed by atoms with van der Waals surface area (Å²) < 4.78 is 43.7. The van der Waals surface area contributed by atoms with Gasteiger partial charge in [-0.05, 0) is 5.41 Å². The Morgan fingerprint density at radius 3 is 2.38 bits per heavy atom. The van der Waals surface area contributed by atoms with Crippen molar-refractivity contribution in [3.05, 3.63) is 46.5 Å². The third-order valence-corrected chi connectivity index (χ3v) is 4.79. The van der Waals surface area contributed by atoms with Crippen LogP contribution >= 0.6 is 11.6 Å². The summed E-state index contributed by atoms with van der Waals surface area (Å²) in [6.45, 7) is 5.24. The molecule has 1 unspecified atom stereocenters. The van der Waals surface area contributed by atoms with Gasteiger partial charge in [0.05, 0.1) is 30.0 Å². The molecule has 6 nitrogen and oxygen atoms in total. The summed E-state index contributed by atoms with van der Waals surface area (Å²) in [6.07, 6.45) is 1.23. The first-order valence-electron chi connectivity index (χ1n) is 8.58. The molecular weight excluding hydrogens is 407 g/mol. The number of hydrogen-bond donors (Lipinski definition) is 2. The minimum absolute atomic E-state index is 0.0138. The second-order valence-electron chi connectivity index (χ2n) is 7.52. The van der Waals surface area contributed by atoms with Crippen LogP contribution in [-0.2, 0) is 0 Å². The maximum absolute atomic E-state index is 14.6. The van der Waals surface area contributed by atoms with Gasteiger partial charge in [0.25, 0.3) is 0 Å². The number of nitrogens with zero attached hydrogens (tertiary/aromatic N) is 4. The van der Waals surface area contributed by atoms with E-state index in [2.05, 4.69) is 15.4 Å². The van der Waals surface area contributed by atoms with Crippen LogP contribution in [0.2, 0.25) is 5.15 Å². The Morgan fingerprint density at radius 1 is 1.24 bits per heavy atom. The molecule has 152 valence electrons. The molecule has 0 aliphatic rings. The number of anilines is 1. The fourth-order valence-corrected chi connectivity index (χ4v) is 3.15. The van der Waals surface area contributed by atoms with Crippen molar-refractivity contribution < 1.29 is 18.3 Å². The third-order valence-electron chi connectivity index (χ3n) is 4.52. The Kier molecular flexibility index (Phi) is 5.43. The molecule has 0 spiro atoms. The van der Waals surface area contributed by atoms with Gasteiger partial charge in [-0.3, -0.25) is 0 Å². The standard InChI is InChI=1S/C19H17ClF3N5O/c1-19(2,3)13(8-29)26-18-15(14-11(22)4-10(21)5-12(14)23)16(20)27-17-9(6-24)7-25-28(17)18/h4-5,7,13,26,29H,8H2,1-3H3. The van der Waals surface area contributed by atoms with E-state index in [1.807, 2.05) is 26.8 Å². The molecule has 0 saturated carbocycles. The molecule has 2 aromatic heterocycles. The molecule has 1 aromatic carbocycles. The van der Waals surface area contributed by atoms with Crippen LogP contribution in [0.1, 0.15) is 26.3 Å². The van der Waals surface area contributed by atoms with E-state index in [-0.39, 0.29) is 34.4 Å². The maximum atomic E-state index is 14.6. The lowest BCUT2D eigenvalue weighted by atomic mass is 9.87. The molecule has 0 amide bonds. The zero-order chi connectivity index (χ0) is 21.5. The maximum Gasteiger partial charge on any atom is 0.176 e. The monoisotopic (exact) mass is 423 g/mol. The molecule has 29 heavy (non-hydrogen) atoms. The first kappa shape index (κ1) is 20.9. The molecule has 3 aromatic rings. The highest BCUT2D eigenvalue weighted by molar-refractivity contribution is 6.33. The number of rotatable bonds is 4. The second kappa shape index (κ2) is 7.54. The van der Waals surface area contributed by atoms with Gasteiger partial charge in [0, 0.05) is 12.1 Å². The normalized spacial score (nSPS) is 12.8. The molecule has 2 N–H and O–H groups in total. The lowest BCUT2D eigenvalue weighted by molar-refractivity contribution is 0.201. The van der Waals surface area contributed by atoms with E-state index >= 15 is 0 Å². The molecule has 0 aliphatic heterocycles. The Labute approximate surface area is 169 Å². The van der Waals surface area contributed by atoms with Crippen LogP contribution in [0.15, 0.2) is 18.3 Å². The Morgan fingerprint density at radius 2 is 1.86 bits per heavy atom. The van der Waals surface area contributed by atoms with Crippen LogP contribution in [0.5, 0.6) is 0 Å². The number of benzene rings is 1. The summed E-state index contributed by atoms with van der Waals surface area (Å²) >= 11 is 6.26. The fraction of sp³-hybridized carbons (Fsp3) is 0.316. The molecule has 0 bridgehead atoms. The summed E-state index contributed by atoms with van der Waals surface area (Å²) in [6, 6.07) is 2.39. The Hall–Kier alpha value is -2.83. The number of halogens is 4. The number of aromatic nitrogens is 3. The van der Waals surface area contributed by atoms with Crippen molar-refractivity contribution in [3.8, 4) is 17.2 Å². The molecule has 3 rings (SSSR count). The Bertz CT molecular complexity index is 1110. The zero-order valence-corrected chi connectivity index (χ0v) is 16.5. The van der Waals surface area contributed by atoms with Crippen LogP contribution in [0.3, 0.4) is 0 Å². The van der Waals surface area contributed by atoms with Gasteiger partial charge in [0.2, 0.25) is 0 Å². The molecule has 1 atom stereocenters. The average Bonchev–Trinajstić information content (AvgIpc) is 3.01. The topological polar surface area (TPSA) is 86.2 Å².